The van der Waals surface area contributed by atoms with Crippen molar-refractivity contribution in [3.8, 4) is 0 Å². The van der Waals surface area contributed by atoms with Crippen LogP contribution in [0.1, 0.15) is 80.1 Å². The zero-order valence-corrected chi connectivity index (χ0v) is 19.4. The van der Waals surface area contributed by atoms with E-state index in [2.05, 4.69) is 20.8 Å². The first-order chi connectivity index (χ1) is 13.0. The van der Waals surface area contributed by atoms with Gasteiger partial charge in [-0.3, -0.25) is 4.74 Å². The highest BCUT2D eigenvalue weighted by Crippen LogP contribution is 2.31. The minimum atomic E-state index is -2.51. The molecule has 2 atom stereocenters. The Morgan fingerprint density at radius 1 is 0.926 bits per heavy atom. The Hall–Kier alpha value is -0.0231. The Bertz CT molecular complexity index is 369. The van der Waals surface area contributed by atoms with E-state index in [0.29, 0.717) is 39.3 Å². The van der Waals surface area contributed by atoms with Gasteiger partial charge in [0.1, 0.15) is 5.73 Å². The van der Waals surface area contributed by atoms with Crippen LogP contribution in [0.25, 0.3) is 0 Å². The van der Waals surface area contributed by atoms with E-state index in [1.165, 1.54) is 0 Å². The highest BCUT2D eigenvalue weighted by atomic mass is 28.4. The summed E-state index contributed by atoms with van der Waals surface area (Å²) >= 11 is 0. The van der Waals surface area contributed by atoms with E-state index < -0.39 is 20.8 Å². The second kappa shape index (κ2) is 13.2. The van der Waals surface area contributed by atoms with Gasteiger partial charge in [-0.1, -0.05) is 40.5 Å². The predicted octanol–water partition coefficient (Wildman–Crippen LogP) is 4.89. The average Bonchev–Trinajstić information content (AvgIpc) is 2.70. The van der Waals surface area contributed by atoms with Crippen LogP contribution in [0.3, 0.4) is 0 Å². The predicted molar refractivity (Wildman–Crippen MR) is 109 cm³/mol. The van der Waals surface area contributed by atoms with Gasteiger partial charge in [0, 0.05) is 19.6 Å². The summed E-state index contributed by atoms with van der Waals surface area (Å²) in [6.45, 7) is 15.0. The molecule has 0 spiro atoms. The molecular weight excluding hydrogens is 364 g/mol. The number of rotatable bonds is 15. The first kappa shape index (κ1) is 25.0. The van der Waals surface area contributed by atoms with Gasteiger partial charge in [0.2, 0.25) is 0 Å². The molecular formula is C20H42O6Si. The van der Waals surface area contributed by atoms with Crippen molar-refractivity contribution in [2.24, 2.45) is 0 Å². The zero-order valence-electron chi connectivity index (χ0n) is 18.4. The molecule has 0 saturated carbocycles. The van der Waals surface area contributed by atoms with Crippen molar-refractivity contribution in [1.82, 2.24) is 0 Å². The number of ether oxygens (including phenoxy) is 4. The van der Waals surface area contributed by atoms with E-state index in [1.54, 1.807) is 0 Å². The summed E-state index contributed by atoms with van der Waals surface area (Å²) in [5.41, 5.74) is -0.0913. The maximum absolute atomic E-state index is 6.48. The van der Waals surface area contributed by atoms with E-state index >= 15 is 0 Å². The molecule has 1 rings (SSSR count). The van der Waals surface area contributed by atoms with Crippen molar-refractivity contribution in [3.63, 3.8) is 0 Å². The second-order valence-corrected chi connectivity index (χ2v) is 10.2. The van der Waals surface area contributed by atoms with Crippen molar-refractivity contribution < 1.29 is 27.8 Å². The Labute approximate surface area is 167 Å². The van der Waals surface area contributed by atoms with Crippen LogP contribution in [0.2, 0.25) is 6.04 Å². The fourth-order valence-corrected chi connectivity index (χ4v) is 7.33. The summed E-state index contributed by atoms with van der Waals surface area (Å²) in [4.78, 5) is 0. The lowest BCUT2D eigenvalue weighted by atomic mass is 10.3. The quantitative estimate of drug-likeness (QED) is 0.285. The number of hydrogen-bond donors (Lipinski definition) is 0. The van der Waals surface area contributed by atoms with E-state index in [4.69, 9.17) is 27.8 Å². The minimum Gasteiger partial charge on any atom is -0.393 e. The van der Waals surface area contributed by atoms with Crippen molar-refractivity contribution in [3.05, 3.63) is 0 Å². The zero-order chi connectivity index (χ0) is 20.2. The highest BCUT2D eigenvalue weighted by Gasteiger charge is 2.47. The molecule has 2 unspecified atom stereocenters. The standard InChI is InChI=1S/C20H42O6Si/c1-7-13-17-27(23-11-5,24-12-6)19(9-3)25-18(8-2)26-20(10-4)21-15-14-16-22-20/h18-19H,7-17H2,1-6H3. The summed E-state index contributed by atoms with van der Waals surface area (Å²) in [5, 5.41) is 0. The summed E-state index contributed by atoms with van der Waals surface area (Å²) < 4.78 is 36.9. The summed E-state index contributed by atoms with van der Waals surface area (Å²) in [5.74, 6) is -0.998. The van der Waals surface area contributed by atoms with Crippen LogP contribution >= 0.6 is 0 Å². The largest absolute Gasteiger partial charge is 0.393 e. The Morgan fingerprint density at radius 2 is 1.56 bits per heavy atom. The smallest absolute Gasteiger partial charge is 0.368 e. The fraction of sp³-hybridized carbons (Fsp3) is 1.00. The van der Waals surface area contributed by atoms with Gasteiger partial charge >= 0.3 is 8.56 Å². The Kier molecular flexibility index (Phi) is 12.3. The van der Waals surface area contributed by atoms with E-state index in [0.717, 1.165) is 31.7 Å². The first-order valence-corrected chi connectivity index (χ1v) is 13.0. The molecule has 162 valence electrons. The molecule has 27 heavy (non-hydrogen) atoms. The van der Waals surface area contributed by atoms with Gasteiger partial charge in [-0.15, -0.1) is 0 Å². The van der Waals surface area contributed by atoms with Gasteiger partial charge in [0.05, 0.1) is 13.2 Å². The third-order valence-corrected chi connectivity index (χ3v) is 8.97. The van der Waals surface area contributed by atoms with Crippen LogP contribution in [-0.4, -0.2) is 53.0 Å². The Morgan fingerprint density at radius 3 is 2.00 bits per heavy atom. The molecule has 1 aliphatic heterocycles. The molecule has 0 aromatic rings. The topological polar surface area (TPSA) is 55.4 Å². The third-order valence-electron chi connectivity index (χ3n) is 4.84. The normalized spacial score (nSPS) is 19.8. The molecule has 0 aliphatic carbocycles. The maximum Gasteiger partial charge on any atom is 0.368 e. The van der Waals surface area contributed by atoms with Crippen molar-refractivity contribution in [1.29, 1.82) is 0 Å². The van der Waals surface area contributed by atoms with Crippen LogP contribution in [0.4, 0.5) is 0 Å². The van der Waals surface area contributed by atoms with Crippen molar-refractivity contribution >= 4 is 8.56 Å². The molecule has 1 saturated heterocycles. The molecule has 1 heterocycles. The molecule has 6 nitrogen and oxygen atoms in total. The van der Waals surface area contributed by atoms with Gasteiger partial charge in [-0.05, 0) is 39.2 Å². The molecule has 1 fully saturated rings. The molecule has 0 aromatic carbocycles. The molecule has 0 N–H and O–H groups in total. The SMILES string of the molecule is CCCC[Si](OCC)(OCC)C(CC)OC(CC)OC1(CC)OCCCO1. The summed E-state index contributed by atoms with van der Waals surface area (Å²) in [6, 6.07) is 0.937. The van der Waals surface area contributed by atoms with Gasteiger partial charge in [-0.25, -0.2) is 0 Å². The fourth-order valence-electron chi connectivity index (χ4n) is 3.46. The molecule has 0 radical (unpaired) electrons. The van der Waals surface area contributed by atoms with E-state index in [9.17, 15) is 0 Å². The lowest BCUT2D eigenvalue weighted by molar-refractivity contribution is -0.436. The van der Waals surface area contributed by atoms with Crippen LogP contribution in [0, 0.1) is 0 Å². The minimum absolute atomic E-state index is 0.0913. The molecule has 1 aliphatic rings. The summed E-state index contributed by atoms with van der Waals surface area (Å²) in [6.07, 6.45) is 4.83. The van der Waals surface area contributed by atoms with E-state index in [-0.39, 0.29) is 5.73 Å². The van der Waals surface area contributed by atoms with Gasteiger partial charge < -0.3 is 23.1 Å². The lowest BCUT2D eigenvalue weighted by Gasteiger charge is -2.41. The average molecular weight is 407 g/mol. The number of unbranched alkanes of at least 4 members (excludes halogenated alkanes) is 1. The van der Waals surface area contributed by atoms with Gasteiger partial charge in [0.25, 0.3) is 5.97 Å². The monoisotopic (exact) mass is 406 g/mol. The lowest BCUT2D eigenvalue weighted by Crippen LogP contribution is -2.56. The van der Waals surface area contributed by atoms with Crippen LogP contribution in [-0.2, 0) is 27.8 Å². The molecule has 0 aromatic heterocycles. The number of hydrogen-bond acceptors (Lipinski definition) is 6. The van der Waals surface area contributed by atoms with Crippen molar-refractivity contribution in [2.75, 3.05) is 26.4 Å². The second-order valence-electron chi connectivity index (χ2n) is 6.86. The van der Waals surface area contributed by atoms with Crippen molar-refractivity contribution in [2.45, 2.75) is 104 Å². The van der Waals surface area contributed by atoms with Gasteiger partial charge in [-0.2, -0.15) is 0 Å². The third kappa shape index (κ3) is 7.38. The first-order valence-electron chi connectivity index (χ1n) is 10.9. The molecule has 0 amide bonds. The van der Waals surface area contributed by atoms with Crippen LogP contribution in [0.15, 0.2) is 0 Å². The van der Waals surface area contributed by atoms with Gasteiger partial charge in [0.15, 0.2) is 6.29 Å². The molecule has 0 bridgehead atoms. The highest BCUT2D eigenvalue weighted by molar-refractivity contribution is 6.68. The molecule has 7 heteroatoms. The Balaban J connectivity index is 2.93. The summed E-state index contributed by atoms with van der Waals surface area (Å²) in [7, 11) is -2.51. The van der Waals surface area contributed by atoms with E-state index in [1.807, 2.05) is 20.8 Å². The van der Waals surface area contributed by atoms with Crippen LogP contribution < -0.4 is 0 Å². The maximum atomic E-state index is 6.48. The van der Waals surface area contributed by atoms with Crippen LogP contribution in [0.5, 0.6) is 0 Å².